The number of rotatable bonds is 4. The summed E-state index contributed by atoms with van der Waals surface area (Å²) >= 11 is 1.57. The highest BCUT2D eigenvalue weighted by atomic mass is 32.1. The van der Waals surface area contributed by atoms with E-state index in [1.54, 1.807) is 47.0 Å². The van der Waals surface area contributed by atoms with Crippen molar-refractivity contribution in [1.82, 2.24) is 10.9 Å². The summed E-state index contributed by atoms with van der Waals surface area (Å²) in [5, 5.41) is 1.81. The molecule has 0 aliphatic heterocycles. The first-order chi connectivity index (χ1) is 12.6. The third-order valence-corrected chi connectivity index (χ3v) is 5.36. The summed E-state index contributed by atoms with van der Waals surface area (Å²) in [7, 11) is 0. The minimum atomic E-state index is -1.02. The summed E-state index contributed by atoms with van der Waals surface area (Å²) in [6.07, 6.45) is 3.05. The molecule has 0 spiro atoms. The molecule has 0 fully saturated rings. The summed E-state index contributed by atoms with van der Waals surface area (Å²) in [5.41, 5.74) is 6.61. The summed E-state index contributed by atoms with van der Waals surface area (Å²) in [6.45, 7) is 1.47. The number of nitrogens with one attached hydrogen (secondary N) is 2. The maximum absolute atomic E-state index is 12.4. The first-order valence-electron chi connectivity index (χ1n) is 8.51. The number of carbonyl (C=O) groups is 3. The number of hydrogen-bond donors (Lipinski definition) is 2. The number of carbonyl (C=O) groups excluding carboxylic acids is 3. The Labute approximate surface area is 155 Å². The monoisotopic (exact) mass is 372 g/mol. The molecule has 136 valence electrons. The molecule has 7 heteroatoms. The van der Waals surface area contributed by atoms with Crippen molar-refractivity contribution in [3.63, 3.8) is 0 Å². The first-order valence-corrected chi connectivity index (χ1v) is 9.39. The van der Waals surface area contributed by atoms with Gasteiger partial charge in [0.1, 0.15) is 0 Å². The van der Waals surface area contributed by atoms with Crippen LogP contribution in [0.2, 0.25) is 0 Å². The topological polar surface area (TPSA) is 84.5 Å². The highest BCUT2D eigenvalue weighted by Gasteiger charge is 2.24. The maximum Gasteiger partial charge on any atom is 0.340 e. The van der Waals surface area contributed by atoms with E-state index in [-0.39, 0.29) is 0 Å². The number of amides is 2. The van der Waals surface area contributed by atoms with Crippen LogP contribution >= 0.6 is 11.3 Å². The average molecular weight is 372 g/mol. The molecular formula is C19H20N2O4S. The van der Waals surface area contributed by atoms with E-state index in [0.717, 1.165) is 31.2 Å². The Morgan fingerprint density at radius 1 is 1.08 bits per heavy atom. The minimum Gasteiger partial charge on any atom is -0.449 e. The molecule has 1 aromatic heterocycles. The summed E-state index contributed by atoms with van der Waals surface area (Å²) in [5.74, 6) is -1.53. The van der Waals surface area contributed by atoms with Crippen LogP contribution in [0, 0.1) is 0 Å². The molecule has 0 unspecified atom stereocenters. The number of hydrazine groups is 1. The van der Waals surface area contributed by atoms with Crippen molar-refractivity contribution in [2.75, 3.05) is 0 Å². The molecule has 0 saturated heterocycles. The van der Waals surface area contributed by atoms with Gasteiger partial charge in [0.25, 0.3) is 11.8 Å². The van der Waals surface area contributed by atoms with Crippen molar-refractivity contribution in [2.24, 2.45) is 0 Å². The van der Waals surface area contributed by atoms with E-state index < -0.39 is 23.9 Å². The molecule has 1 aromatic carbocycles. The fourth-order valence-electron chi connectivity index (χ4n) is 2.82. The number of ether oxygens (including phenoxy) is 1. The standard InChI is InChI=1S/C19H20N2O4S/c1-12(17(22)20-21-18(23)13-7-3-2-4-8-13)25-19(24)15-11-26-16-10-6-5-9-14(15)16/h2-4,7-8,11-12H,5-6,9-10H2,1H3,(H,20,22)(H,21,23)/t12-/m0/s1. The van der Waals surface area contributed by atoms with Gasteiger partial charge in [-0.3, -0.25) is 20.4 Å². The molecule has 0 bridgehead atoms. The van der Waals surface area contributed by atoms with Crippen LogP contribution in [0.4, 0.5) is 0 Å². The van der Waals surface area contributed by atoms with Crippen LogP contribution in [-0.4, -0.2) is 23.9 Å². The molecule has 2 amide bonds. The molecule has 1 heterocycles. The predicted octanol–water partition coefficient (Wildman–Crippen LogP) is 2.63. The number of benzene rings is 1. The quantitative estimate of drug-likeness (QED) is 0.638. The molecule has 1 aliphatic rings. The lowest BCUT2D eigenvalue weighted by Crippen LogP contribution is -2.46. The van der Waals surface area contributed by atoms with Crippen LogP contribution in [0.25, 0.3) is 0 Å². The Morgan fingerprint density at radius 3 is 2.58 bits per heavy atom. The zero-order valence-electron chi connectivity index (χ0n) is 14.4. The third-order valence-electron chi connectivity index (χ3n) is 4.27. The summed E-state index contributed by atoms with van der Waals surface area (Å²) in [4.78, 5) is 37.6. The largest absolute Gasteiger partial charge is 0.449 e. The van der Waals surface area contributed by atoms with Crippen molar-refractivity contribution in [3.8, 4) is 0 Å². The fraction of sp³-hybridized carbons (Fsp3) is 0.316. The SMILES string of the molecule is C[C@H](OC(=O)c1csc2c1CCCC2)C(=O)NNC(=O)c1ccccc1. The molecule has 1 aliphatic carbocycles. The van der Waals surface area contributed by atoms with E-state index in [1.807, 2.05) is 0 Å². The molecular weight excluding hydrogens is 352 g/mol. The van der Waals surface area contributed by atoms with Crippen LogP contribution in [0.5, 0.6) is 0 Å². The number of thiophene rings is 1. The number of aryl methyl sites for hydroxylation is 1. The maximum atomic E-state index is 12.4. The van der Waals surface area contributed by atoms with Crippen LogP contribution in [0.15, 0.2) is 35.7 Å². The van der Waals surface area contributed by atoms with Crippen LogP contribution in [0.1, 0.15) is 50.9 Å². The highest BCUT2D eigenvalue weighted by Crippen LogP contribution is 2.30. The molecule has 26 heavy (non-hydrogen) atoms. The van der Waals surface area contributed by atoms with Gasteiger partial charge in [0.05, 0.1) is 5.56 Å². The number of fused-ring (bicyclic) bond motifs is 1. The van der Waals surface area contributed by atoms with E-state index in [4.69, 9.17) is 4.74 Å². The Morgan fingerprint density at radius 2 is 1.81 bits per heavy atom. The van der Waals surface area contributed by atoms with Gasteiger partial charge >= 0.3 is 5.97 Å². The second kappa shape index (κ2) is 8.14. The van der Waals surface area contributed by atoms with Gasteiger partial charge in [0, 0.05) is 15.8 Å². The van der Waals surface area contributed by atoms with Gasteiger partial charge < -0.3 is 4.74 Å². The van der Waals surface area contributed by atoms with E-state index in [2.05, 4.69) is 10.9 Å². The molecule has 2 N–H and O–H groups in total. The van der Waals surface area contributed by atoms with Crippen LogP contribution in [0.3, 0.4) is 0 Å². The van der Waals surface area contributed by atoms with Gasteiger partial charge in [-0.1, -0.05) is 18.2 Å². The molecule has 0 radical (unpaired) electrons. The second-order valence-corrected chi connectivity index (χ2v) is 7.08. The Hall–Kier alpha value is -2.67. The van der Waals surface area contributed by atoms with Crippen molar-refractivity contribution in [1.29, 1.82) is 0 Å². The van der Waals surface area contributed by atoms with Crippen molar-refractivity contribution in [3.05, 3.63) is 57.3 Å². The Bertz CT molecular complexity index is 816. The van der Waals surface area contributed by atoms with Gasteiger partial charge in [-0.15, -0.1) is 11.3 Å². The lowest BCUT2D eigenvalue weighted by Gasteiger charge is -2.15. The van der Waals surface area contributed by atoms with Crippen molar-refractivity contribution < 1.29 is 19.1 Å². The van der Waals surface area contributed by atoms with Crippen molar-refractivity contribution >= 4 is 29.1 Å². The van der Waals surface area contributed by atoms with Gasteiger partial charge in [-0.2, -0.15) is 0 Å². The zero-order chi connectivity index (χ0) is 18.5. The van der Waals surface area contributed by atoms with Gasteiger partial charge in [0.15, 0.2) is 6.10 Å². The highest BCUT2D eigenvalue weighted by molar-refractivity contribution is 7.10. The predicted molar refractivity (Wildman–Crippen MR) is 97.9 cm³/mol. The summed E-state index contributed by atoms with van der Waals surface area (Å²) < 4.78 is 5.27. The molecule has 0 saturated carbocycles. The minimum absolute atomic E-state index is 0.419. The molecule has 6 nitrogen and oxygen atoms in total. The van der Waals surface area contributed by atoms with Crippen molar-refractivity contribution in [2.45, 2.75) is 38.7 Å². The zero-order valence-corrected chi connectivity index (χ0v) is 15.2. The van der Waals surface area contributed by atoms with Gasteiger partial charge in [0.2, 0.25) is 0 Å². The molecule has 1 atom stereocenters. The third kappa shape index (κ3) is 4.11. The van der Waals surface area contributed by atoms with Crippen LogP contribution < -0.4 is 10.9 Å². The fourth-order valence-corrected chi connectivity index (χ4v) is 3.94. The van der Waals surface area contributed by atoms with E-state index in [1.165, 1.54) is 11.8 Å². The first kappa shape index (κ1) is 18.1. The number of esters is 1. The lowest BCUT2D eigenvalue weighted by molar-refractivity contribution is -0.129. The molecule has 3 rings (SSSR count). The Balaban J connectivity index is 1.53. The average Bonchev–Trinajstić information content (AvgIpc) is 3.10. The van der Waals surface area contributed by atoms with E-state index in [0.29, 0.717) is 11.1 Å². The van der Waals surface area contributed by atoms with Gasteiger partial charge in [-0.25, -0.2) is 4.79 Å². The summed E-state index contributed by atoms with van der Waals surface area (Å²) in [6, 6.07) is 8.50. The lowest BCUT2D eigenvalue weighted by atomic mass is 9.96. The van der Waals surface area contributed by atoms with E-state index in [9.17, 15) is 14.4 Å². The van der Waals surface area contributed by atoms with Gasteiger partial charge in [-0.05, 0) is 50.3 Å². The number of hydrogen-bond acceptors (Lipinski definition) is 5. The molecule has 2 aromatic rings. The smallest absolute Gasteiger partial charge is 0.340 e. The second-order valence-electron chi connectivity index (χ2n) is 6.12. The van der Waals surface area contributed by atoms with Crippen LogP contribution in [-0.2, 0) is 22.4 Å². The normalized spacial score (nSPS) is 14.0. The Kier molecular flexibility index (Phi) is 5.68. The van der Waals surface area contributed by atoms with E-state index >= 15 is 0 Å².